The van der Waals surface area contributed by atoms with Crippen molar-refractivity contribution in [2.24, 2.45) is 5.41 Å². The molecule has 0 radical (unpaired) electrons. The molecule has 2 fully saturated rings. The van der Waals surface area contributed by atoms with Crippen molar-refractivity contribution in [2.75, 3.05) is 39.9 Å². The van der Waals surface area contributed by atoms with Crippen molar-refractivity contribution in [1.82, 2.24) is 30.2 Å². The standard InChI is InChI=1S/C39H53F3N6O7/c1-23(54-7)32-26(10-8-14-43-32)33-28(17-38(5,6)22-49)27-16-24(12-13-31(27)47(33)21-39(40,41)42)25-18-46(19-25)20-30(44-36(53)55-37(2,3)4)34(50)48-15-9-11-29(45-48)35(51)52/h8,10,12-14,16,23,25,29-30,45,49H,9,11,15,17-22H2,1-7H3,(H,44,53)(H,51,52)/t23-,29-,30-/m0/s1. The number of aromatic nitrogens is 2. The number of halogens is 3. The first-order chi connectivity index (χ1) is 25.7. The summed E-state index contributed by atoms with van der Waals surface area (Å²) in [6.07, 6.45) is -3.13. The Hall–Kier alpha value is -4.25. The number of carboxylic acids is 1. The molecule has 302 valence electrons. The van der Waals surface area contributed by atoms with Crippen LogP contribution in [0.25, 0.3) is 22.2 Å². The van der Waals surface area contributed by atoms with Gasteiger partial charge in [0, 0.05) is 68.5 Å². The first kappa shape index (κ1) is 41.9. The second kappa shape index (κ2) is 16.5. The van der Waals surface area contributed by atoms with Gasteiger partial charge in [-0.25, -0.2) is 10.2 Å². The number of amides is 2. The van der Waals surface area contributed by atoms with Gasteiger partial charge in [-0.3, -0.25) is 24.5 Å². The van der Waals surface area contributed by atoms with Crippen LogP contribution in [-0.4, -0.2) is 111 Å². The number of fused-ring (bicyclic) bond motifs is 1. The highest BCUT2D eigenvalue weighted by atomic mass is 19.4. The number of hydrazine groups is 1. The number of carbonyl (C=O) groups is 3. The Labute approximate surface area is 319 Å². The van der Waals surface area contributed by atoms with Gasteiger partial charge in [0.1, 0.15) is 24.2 Å². The third kappa shape index (κ3) is 10.1. The highest BCUT2D eigenvalue weighted by molar-refractivity contribution is 5.93. The van der Waals surface area contributed by atoms with Gasteiger partial charge in [-0.15, -0.1) is 0 Å². The van der Waals surface area contributed by atoms with Gasteiger partial charge in [-0.05, 0) is 87.8 Å². The number of alkyl carbamates (subject to hydrolysis) is 1. The van der Waals surface area contributed by atoms with E-state index in [9.17, 15) is 37.8 Å². The van der Waals surface area contributed by atoms with E-state index in [0.29, 0.717) is 59.3 Å². The van der Waals surface area contributed by atoms with Crippen LogP contribution in [0.1, 0.15) is 83.2 Å². The van der Waals surface area contributed by atoms with Gasteiger partial charge in [0.25, 0.3) is 5.91 Å². The number of benzene rings is 1. The maximum Gasteiger partial charge on any atom is 0.408 e. The zero-order valence-corrected chi connectivity index (χ0v) is 32.5. The van der Waals surface area contributed by atoms with E-state index in [0.717, 1.165) is 5.56 Å². The summed E-state index contributed by atoms with van der Waals surface area (Å²) in [4.78, 5) is 44.7. The first-order valence-corrected chi connectivity index (χ1v) is 18.5. The molecule has 2 aromatic heterocycles. The number of aliphatic hydroxyl groups excluding tert-OH is 1. The van der Waals surface area contributed by atoms with Gasteiger partial charge in [-0.2, -0.15) is 13.2 Å². The predicted molar refractivity (Wildman–Crippen MR) is 199 cm³/mol. The monoisotopic (exact) mass is 774 g/mol. The van der Waals surface area contributed by atoms with Crippen LogP contribution < -0.4 is 10.7 Å². The van der Waals surface area contributed by atoms with E-state index in [-0.39, 0.29) is 32.0 Å². The average Bonchev–Trinajstić information content (AvgIpc) is 3.37. The molecular formula is C39H53F3N6O7. The van der Waals surface area contributed by atoms with Gasteiger partial charge >= 0.3 is 18.2 Å². The van der Waals surface area contributed by atoms with E-state index in [1.54, 1.807) is 52.1 Å². The minimum atomic E-state index is -4.54. The Balaban J connectivity index is 1.48. The number of ether oxygens (including phenoxy) is 2. The van der Waals surface area contributed by atoms with Crippen molar-refractivity contribution >= 4 is 28.9 Å². The summed E-state index contributed by atoms with van der Waals surface area (Å²) in [6.45, 7) is 10.6. The lowest BCUT2D eigenvalue weighted by atomic mass is 9.83. The number of nitrogens with zero attached hydrogens (tertiary/aromatic N) is 4. The third-order valence-corrected chi connectivity index (χ3v) is 10.1. The Morgan fingerprint density at radius 1 is 1.11 bits per heavy atom. The fourth-order valence-electron chi connectivity index (χ4n) is 7.25. The molecule has 0 unspecified atom stereocenters. The summed E-state index contributed by atoms with van der Waals surface area (Å²) in [5.74, 6) is -1.61. The molecule has 3 atom stereocenters. The number of carbonyl (C=O) groups excluding carboxylic acids is 2. The molecule has 13 nitrogen and oxygen atoms in total. The minimum Gasteiger partial charge on any atom is -0.480 e. The number of rotatable bonds is 13. The van der Waals surface area contributed by atoms with Gasteiger partial charge in [0.05, 0.1) is 17.5 Å². The smallest absolute Gasteiger partial charge is 0.408 e. The van der Waals surface area contributed by atoms with Gasteiger partial charge in [0.2, 0.25) is 0 Å². The molecule has 3 aromatic rings. The van der Waals surface area contributed by atoms with Crippen LogP contribution in [0.2, 0.25) is 0 Å². The van der Waals surface area contributed by atoms with E-state index in [2.05, 4.69) is 15.7 Å². The lowest BCUT2D eigenvalue weighted by Gasteiger charge is -2.42. The van der Waals surface area contributed by atoms with Gasteiger partial charge in [-0.1, -0.05) is 19.9 Å². The average molecular weight is 775 g/mol. The van der Waals surface area contributed by atoms with Crippen molar-refractivity contribution in [3.05, 3.63) is 53.3 Å². The number of nitrogens with one attached hydrogen (secondary N) is 2. The van der Waals surface area contributed by atoms with Crippen molar-refractivity contribution in [3.63, 3.8) is 0 Å². The zero-order chi connectivity index (χ0) is 40.5. The molecule has 0 spiro atoms. The number of carboxylic acid groups (broad SMARTS) is 1. The number of hydrogen-bond donors (Lipinski definition) is 4. The molecule has 0 bridgehead atoms. The van der Waals surface area contributed by atoms with Crippen LogP contribution in [0.15, 0.2) is 36.5 Å². The van der Waals surface area contributed by atoms with Gasteiger partial charge < -0.3 is 29.6 Å². The van der Waals surface area contributed by atoms with Crippen LogP contribution in [-0.2, 0) is 32.0 Å². The van der Waals surface area contributed by atoms with Gasteiger partial charge in [0.15, 0.2) is 0 Å². The molecular weight excluding hydrogens is 721 g/mol. The second-order valence-electron chi connectivity index (χ2n) is 16.4. The minimum absolute atomic E-state index is 0.0400. The lowest BCUT2D eigenvalue weighted by molar-refractivity contribution is -0.148. The van der Waals surface area contributed by atoms with E-state index in [4.69, 9.17) is 9.47 Å². The predicted octanol–water partition coefficient (Wildman–Crippen LogP) is 5.41. The molecule has 1 aromatic carbocycles. The Morgan fingerprint density at radius 3 is 2.44 bits per heavy atom. The molecule has 5 rings (SSSR count). The van der Waals surface area contributed by atoms with Crippen molar-refractivity contribution < 1.29 is 47.2 Å². The van der Waals surface area contributed by atoms with Crippen LogP contribution >= 0.6 is 0 Å². The summed E-state index contributed by atoms with van der Waals surface area (Å²) >= 11 is 0. The molecule has 16 heteroatoms. The molecule has 0 saturated carbocycles. The first-order valence-electron chi connectivity index (χ1n) is 18.5. The molecule has 2 amide bonds. The Morgan fingerprint density at radius 2 is 1.82 bits per heavy atom. The highest BCUT2D eigenvalue weighted by Gasteiger charge is 2.39. The topological polar surface area (TPSA) is 158 Å². The number of alkyl halides is 3. The van der Waals surface area contributed by atoms with Crippen LogP contribution in [0, 0.1) is 5.41 Å². The second-order valence-corrected chi connectivity index (χ2v) is 16.4. The van der Waals surface area contributed by atoms with Crippen LogP contribution in [0.5, 0.6) is 0 Å². The fraction of sp³-hybridized carbons (Fsp3) is 0.590. The molecule has 4 N–H and O–H groups in total. The van der Waals surface area contributed by atoms with Crippen molar-refractivity contribution in [3.8, 4) is 11.3 Å². The Kier molecular flexibility index (Phi) is 12.5. The molecule has 0 aliphatic carbocycles. The molecule has 55 heavy (non-hydrogen) atoms. The molecule has 2 saturated heterocycles. The Bertz CT molecular complexity index is 1870. The third-order valence-electron chi connectivity index (χ3n) is 10.1. The maximum atomic E-state index is 14.3. The summed E-state index contributed by atoms with van der Waals surface area (Å²) in [5, 5.41) is 24.4. The van der Waals surface area contributed by atoms with Crippen LogP contribution in [0.3, 0.4) is 0 Å². The number of likely N-dealkylation sites (tertiary alicyclic amines) is 1. The van der Waals surface area contributed by atoms with Crippen molar-refractivity contribution in [1.29, 1.82) is 0 Å². The molecule has 2 aliphatic rings. The highest BCUT2D eigenvalue weighted by Crippen LogP contribution is 2.43. The summed E-state index contributed by atoms with van der Waals surface area (Å²) in [6, 6.07) is 6.93. The number of aliphatic hydroxyl groups is 1. The normalized spacial score (nSPS) is 18.5. The van der Waals surface area contributed by atoms with E-state index in [1.165, 1.54) is 16.7 Å². The number of hydrogen-bond acceptors (Lipinski definition) is 9. The maximum absolute atomic E-state index is 14.3. The van der Waals surface area contributed by atoms with Crippen LogP contribution in [0.4, 0.5) is 18.0 Å². The van der Waals surface area contributed by atoms with Crippen molar-refractivity contribution in [2.45, 2.75) is 103 Å². The van der Waals surface area contributed by atoms with E-state index in [1.807, 2.05) is 30.9 Å². The zero-order valence-electron chi connectivity index (χ0n) is 32.5. The fourth-order valence-corrected chi connectivity index (χ4v) is 7.25. The lowest BCUT2D eigenvalue weighted by Crippen LogP contribution is -2.63. The number of methoxy groups -OCH3 is 1. The van der Waals surface area contributed by atoms with E-state index >= 15 is 0 Å². The number of aliphatic carboxylic acids is 1. The summed E-state index contributed by atoms with van der Waals surface area (Å²) in [7, 11) is 1.52. The molecule has 4 heterocycles. The summed E-state index contributed by atoms with van der Waals surface area (Å²) in [5.41, 5.74) is 4.62. The largest absolute Gasteiger partial charge is 0.480 e. The number of pyridine rings is 1. The van der Waals surface area contributed by atoms with E-state index < -0.39 is 59.9 Å². The SMILES string of the molecule is CO[C@@H](C)c1ncccc1-c1c(CC(C)(C)CO)c2cc(C3CN(C[C@H](NC(=O)OC(C)(C)C)C(=O)N4CCC[C@@H](C(=O)O)N4)C3)ccc2n1CC(F)(F)F. The summed E-state index contributed by atoms with van der Waals surface area (Å²) < 4.78 is 55.2. The molecule has 2 aliphatic heterocycles. The quantitative estimate of drug-likeness (QED) is 0.177.